The van der Waals surface area contributed by atoms with Crippen LogP contribution in [0.5, 0.6) is 11.6 Å². The lowest BCUT2D eigenvalue weighted by Gasteiger charge is -2.10. The molecule has 3 rings (SSSR count). The van der Waals surface area contributed by atoms with Gasteiger partial charge in [0.25, 0.3) is 0 Å². The van der Waals surface area contributed by atoms with Crippen molar-refractivity contribution in [3.63, 3.8) is 0 Å². The molecule has 3 aromatic rings. The maximum atomic E-state index is 5.89. The molecule has 0 bridgehead atoms. The number of fused-ring (bicyclic) bond motifs is 1. The Morgan fingerprint density at radius 1 is 1.00 bits per heavy atom. The molecular formula is C17H16N2O. The van der Waals surface area contributed by atoms with Gasteiger partial charge in [0.05, 0.1) is 0 Å². The number of pyridine rings is 1. The predicted octanol–water partition coefficient (Wildman–Crippen LogP) is 3.79. The average Bonchev–Trinajstić information content (AvgIpc) is 2.50. The van der Waals surface area contributed by atoms with Crippen molar-refractivity contribution in [1.29, 1.82) is 0 Å². The molecule has 0 saturated carbocycles. The van der Waals surface area contributed by atoms with E-state index in [1.165, 1.54) is 5.56 Å². The van der Waals surface area contributed by atoms with Crippen LogP contribution in [-0.2, 0) is 6.54 Å². The van der Waals surface area contributed by atoms with Crippen LogP contribution in [-0.4, -0.2) is 4.98 Å². The number of ether oxygens (including phenoxy) is 1. The fourth-order valence-electron chi connectivity index (χ4n) is 2.19. The highest BCUT2D eigenvalue weighted by Gasteiger charge is 2.08. The van der Waals surface area contributed by atoms with Crippen molar-refractivity contribution in [2.24, 2.45) is 5.73 Å². The lowest BCUT2D eigenvalue weighted by atomic mass is 10.1. The summed E-state index contributed by atoms with van der Waals surface area (Å²) in [6.07, 6.45) is 1.78. The Morgan fingerprint density at radius 3 is 2.40 bits per heavy atom. The van der Waals surface area contributed by atoms with Crippen LogP contribution in [0.1, 0.15) is 11.1 Å². The topological polar surface area (TPSA) is 48.1 Å². The Morgan fingerprint density at radius 2 is 1.70 bits per heavy atom. The van der Waals surface area contributed by atoms with Gasteiger partial charge in [0, 0.05) is 18.1 Å². The summed E-state index contributed by atoms with van der Waals surface area (Å²) < 4.78 is 5.89. The highest BCUT2D eigenvalue weighted by atomic mass is 16.5. The van der Waals surface area contributed by atoms with Gasteiger partial charge in [0.2, 0.25) is 5.88 Å². The Kier molecular flexibility index (Phi) is 3.35. The van der Waals surface area contributed by atoms with Crippen LogP contribution in [0.4, 0.5) is 0 Å². The number of hydrogen-bond donors (Lipinski definition) is 1. The molecule has 0 spiro atoms. The largest absolute Gasteiger partial charge is 0.438 e. The van der Waals surface area contributed by atoms with Crippen LogP contribution in [0.25, 0.3) is 10.8 Å². The SMILES string of the molecule is Cc1ccc(Oc2ncc(CN)c3ccccc23)cc1. The minimum Gasteiger partial charge on any atom is -0.438 e. The molecule has 0 saturated heterocycles. The number of nitrogens with two attached hydrogens (primary N) is 1. The zero-order valence-electron chi connectivity index (χ0n) is 11.3. The summed E-state index contributed by atoms with van der Waals surface area (Å²) in [5.74, 6) is 1.40. The third kappa shape index (κ3) is 2.36. The van der Waals surface area contributed by atoms with Crippen LogP contribution >= 0.6 is 0 Å². The van der Waals surface area contributed by atoms with Gasteiger partial charge in [-0.05, 0) is 36.1 Å². The third-order valence-corrected chi connectivity index (χ3v) is 3.30. The van der Waals surface area contributed by atoms with E-state index in [1.807, 2.05) is 55.5 Å². The molecule has 3 heteroatoms. The van der Waals surface area contributed by atoms with Gasteiger partial charge in [0.1, 0.15) is 5.75 Å². The third-order valence-electron chi connectivity index (χ3n) is 3.30. The molecular weight excluding hydrogens is 248 g/mol. The summed E-state index contributed by atoms with van der Waals surface area (Å²) >= 11 is 0. The van der Waals surface area contributed by atoms with E-state index in [4.69, 9.17) is 10.5 Å². The van der Waals surface area contributed by atoms with Gasteiger partial charge in [0.15, 0.2) is 0 Å². The second-order valence-corrected chi connectivity index (χ2v) is 4.75. The van der Waals surface area contributed by atoms with Crippen molar-refractivity contribution in [3.05, 3.63) is 65.9 Å². The highest BCUT2D eigenvalue weighted by Crippen LogP contribution is 2.29. The number of aromatic nitrogens is 1. The van der Waals surface area contributed by atoms with Crippen molar-refractivity contribution in [2.75, 3.05) is 0 Å². The van der Waals surface area contributed by atoms with Crippen molar-refractivity contribution in [3.8, 4) is 11.6 Å². The molecule has 0 fully saturated rings. The first kappa shape index (κ1) is 12.6. The summed E-state index contributed by atoms with van der Waals surface area (Å²) in [5.41, 5.74) is 7.98. The number of hydrogen-bond acceptors (Lipinski definition) is 3. The first-order chi connectivity index (χ1) is 9.78. The Labute approximate surface area is 118 Å². The molecule has 0 amide bonds. The van der Waals surface area contributed by atoms with Crippen molar-refractivity contribution >= 4 is 10.8 Å². The van der Waals surface area contributed by atoms with Crippen LogP contribution in [0.15, 0.2) is 54.7 Å². The Balaban J connectivity index is 2.06. The minimum atomic E-state index is 0.471. The lowest BCUT2D eigenvalue weighted by molar-refractivity contribution is 0.469. The quantitative estimate of drug-likeness (QED) is 0.782. The van der Waals surface area contributed by atoms with E-state index in [0.29, 0.717) is 12.4 Å². The number of benzene rings is 2. The Hall–Kier alpha value is -2.39. The molecule has 0 radical (unpaired) electrons. The second-order valence-electron chi connectivity index (χ2n) is 4.75. The number of rotatable bonds is 3. The van der Waals surface area contributed by atoms with Crippen LogP contribution < -0.4 is 10.5 Å². The first-order valence-electron chi connectivity index (χ1n) is 6.59. The monoisotopic (exact) mass is 264 g/mol. The smallest absolute Gasteiger partial charge is 0.227 e. The molecule has 1 heterocycles. The molecule has 2 N–H and O–H groups in total. The molecule has 20 heavy (non-hydrogen) atoms. The highest BCUT2D eigenvalue weighted by molar-refractivity contribution is 5.89. The molecule has 3 nitrogen and oxygen atoms in total. The summed E-state index contributed by atoms with van der Waals surface area (Å²) in [6.45, 7) is 2.52. The average molecular weight is 264 g/mol. The molecule has 2 aromatic carbocycles. The first-order valence-corrected chi connectivity index (χ1v) is 6.59. The van der Waals surface area contributed by atoms with Crippen molar-refractivity contribution < 1.29 is 4.74 Å². The van der Waals surface area contributed by atoms with Gasteiger partial charge in [-0.25, -0.2) is 4.98 Å². The van der Waals surface area contributed by atoms with Crippen LogP contribution in [0.3, 0.4) is 0 Å². The number of nitrogens with zero attached hydrogens (tertiary/aromatic N) is 1. The van der Waals surface area contributed by atoms with Gasteiger partial charge >= 0.3 is 0 Å². The maximum Gasteiger partial charge on any atom is 0.227 e. The van der Waals surface area contributed by atoms with Gasteiger partial charge in [-0.3, -0.25) is 0 Å². The fourth-order valence-corrected chi connectivity index (χ4v) is 2.19. The summed E-state index contributed by atoms with van der Waals surface area (Å²) in [4.78, 5) is 4.39. The van der Waals surface area contributed by atoms with Crippen LogP contribution in [0, 0.1) is 6.92 Å². The standard InChI is InChI=1S/C17H16N2O/c1-12-6-8-14(9-7-12)20-17-16-5-3-2-4-15(16)13(10-18)11-19-17/h2-9,11H,10,18H2,1H3. The van der Waals surface area contributed by atoms with E-state index in [0.717, 1.165) is 22.1 Å². The summed E-state index contributed by atoms with van der Waals surface area (Å²) in [6, 6.07) is 16.0. The van der Waals surface area contributed by atoms with E-state index in [9.17, 15) is 0 Å². The minimum absolute atomic E-state index is 0.471. The fraction of sp³-hybridized carbons (Fsp3) is 0.118. The van der Waals surface area contributed by atoms with Gasteiger partial charge in [-0.15, -0.1) is 0 Å². The van der Waals surface area contributed by atoms with E-state index < -0.39 is 0 Å². The summed E-state index contributed by atoms with van der Waals surface area (Å²) in [5, 5.41) is 2.07. The molecule has 100 valence electrons. The predicted molar refractivity (Wildman–Crippen MR) is 80.9 cm³/mol. The van der Waals surface area contributed by atoms with E-state index >= 15 is 0 Å². The van der Waals surface area contributed by atoms with Crippen molar-refractivity contribution in [1.82, 2.24) is 4.98 Å². The van der Waals surface area contributed by atoms with Gasteiger partial charge in [-0.2, -0.15) is 0 Å². The van der Waals surface area contributed by atoms with Gasteiger partial charge < -0.3 is 10.5 Å². The molecule has 1 aromatic heterocycles. The summed E-state index contributed by atoms with van der Waals surface area (Å²) in [7, 11) is 0. The number of aryl methyl sites for hydroxylation is 1. The second kappa shape index (κ2) is 5.31. The zero-order valence-corrected chi connectivity index (χ0v) is 11.3. The Bertz CT molecular complexity index is 736. The normalized spacial score (nSPS) is 10.7. The lowest BCUT2D eigenvalue weighted by Crippen LogP contribution is -1.99. The zero-order chi connectivity index (χ0) is 13.9. The molecule has 0 aliphatic rings. The van der Waals surface area contributed by atoms with Gasteiger partial charge in [-0.1, -0.05) is 35.9 Å². The maximum absolute atomic E-state index is 5.89. The molecule has 0 aliphatic carbocycles. The van der Waals surface area contributed by atoms with E-state index in [2.05, 4.69) is 4.98 Å². The van der Waals surface area contributed by atoms with Crippen LogP contribution in [0.2, 0.25) is 0 Å². The molecule has 0 unspecified atom stereocenters. The van der Waals surface area contributed by atoms with Crippen molar-refractivity contribution in [2.45, 2.75) is 13.5 Å². The molecule has 0 aliphatic heterocycles. The van der Waals surface area contributed by atoms with E-state index in [1.54, 1.807) is 6.20 Å². The van der Waals surface area contributed by atoms with E-state index in [-0.39, 0.29) is 0 Å². The molecule has 0 atom stereocenters.